The van der Waals surface area contributed by atoms with Crippen molar-refractivity contribution in [2.75, 3.05) is 18.5 Å². The number of anilines is 1. The lowest BCUT2D eigenvalue weighted by molar-refractivity contribution is 0.682. The van der Waals surface area contributed by atoms with Gasteiger partial charge >= 0.3 is 0 Å². The minimum atomic E-state index is 0.239. The van der Waals surface area contributed by atoms with Gasteiger partial charge in [-0.25, -0.2) is 0 Å². The van der Waals surface area contributed by atoms with Crippen LogP contribution in [0.2, 0.25) is 0 Å². The fourth-order valence-corrected chi connectivity index (χ4v) is 1.57. The van der Waals surface area contributed by atoms with Gasteiger partial charge < -0.3 is 10.6 Å². The van der Waals surface area contributed by atoms with Gasteiger partial charge in [-0.05, 0) is 31.2 Å². The van der Waals surface area contributed by atoms with Crippen molar-refractivity contribution in [1.29, 1.82) is 0 Å². The van der Waals surface area contributed by atoms with Crippen LogP contribution in [-0.4, -0.2) is 34.8 Å². The molecule has 0 saturated carbocycles. The molecule has 2 N–H and O–H groups in total. The van der Waals surface area contributed by atoms with Crippen molar-refractivity contribution in [3.8, 4) is 11.3 Å². The minimum Gasteiger partial charge on any atom is -0.354 e. The lowest BCUT2D eigenvalue weighted by Gasteiger charge is -2.24. The maximum atomic E-state index is 5.63. The molecule has 0 fully saturated rings. The van der Waals surface area contributed by atoms with Gasteiger partial charge in [0, 0.05) is 37.6 Å². The Kier molecular flexibility index (Phi) is 3.84. The van der Waals surface area contributed by atoms with Crippen LogP contribution in [0.5, 0.6) is 0 Å². The van der Waals surface area contributed by atoms with E-state index in [-0.39, 0.29) is 6.04 Å². The van der Waals surface area contributed by atoms with Crippen molar-refractivity contribution < 1.29 is 0 Å². The fraction of sp³-hybridized carbons (Fsp3) is 0.308. The molecular weight excluding hydrogens is 226 g/mol. The Bertz CT molecular complexity index is 482. The monoisotopic (exact) mass is 243 g/mol. The van der Waals surface area contributed by atoms with Gasteiger partial charge in [0.2, 0.25) is 0 Å². The summed E-state index contributed by atoms with van der Waals surface area (Å²) < 4.78 is 0. The first-order chi connectivity index (χ1) is 8.72. The van der Waals surface area contributed by atoms with Gasteiger partial charge in [0.25, 0.3) is 0 Å². The zero-order chi connectivity index (χ0) is 13.0. The highest BCUT2D eigenvalue weighted by atomic mass is 15.3. The number of nitrogens with two attached hydrogens (primary N) is 1. The van der Waals surface area contributed by atoms with Crippen LogP contribution in [0.1, 0.15) is 6.92 Å². The average molecular weight is 243 g/mol. The van der Waals surface area contributed by atoms with Crippen LogP contribution in [0.3, 0.4) is 0 Å². The van der Waals surface area contributed by atoms with E-state index in [1.807, 2.05) is 36.2 Å². The quantitative estimate of drug-likeness (QED) is 0.877. The number of rotatable bonds is 4. The molecule has 0 spiro atoms. The third-order valence-electron chi connectivity index (χ3n) is 2.97. The Hall–Kier alpha value is -2.01. The first kappa shape index (κ1) is 12.4. The van der Waals surface area contributed by atoms with Crippen LogP contribution in [0, 0.1) is 0 Å². The van der Waals surface area contributed by atoms with Gasteiger partial charge in [-0.2, -0.15) is 0 Å². The van der Waals surface area contributed by atoms with Crippen LogP contribution < -0.4 is 10.6 Å². The molecule has 2 rings (SSSR count). The lowest BCUT2D eigenvalue weighted by Crippen LogP contribution is -2.35. The number of aromatic nitrogens is 3. The highest BCUT2D eigenvalue weighted by Gasteiger charge is 2.10. The minimum absolute atomic E-state index is 0.239. The number of hydrogen-bond donors (Lipinski definition) is 1. The standard InChI is InChI=1S/C13H17N5/c1-10(8-14)18(2)13-6-5-12(16-17-13)11-4-3-7-15-9-11/h3-7,9-10H,8,14H2,1-2H3. The van der Waals surface area contributed by atoms with Crippen LogP contribution in [-0.2, 0) is 0 Å². The molecule has 2 aromatic heterocycles. The van der Waals surface area contributed by atoms with Crippen molar-refractivity contribution in [1.82, 2.24) is 15.2 Å². The Morgan fingerprint density at radius 2 is 2.11 bits per heavy atom. The Morgan fingerprint density at radius 1 is 1.28 bits per heavy atom. The summed E-state index contributed by atoms with van der Waals surface area (Å²) in [6.45, 7) is 2.64. The van der Waals surface area contributed by atoms with Crippen molar-refractivity contribution in [2.45, 2.75) is 13.0 Å². The van der Waals surface area contributed by atoms with E-state index in [4.69, 9.17) is 5.73 Å². The van der Waals surface area contributed by atoms with E-state index < -0.39 is 0 Å². The first-order valence-electron chi connectivity index (χ1n) is 5.89. The molecule has 1 atom stereocenters. The summed E-state index contributed by atoms with van der Waals surface area (Å²) in [7, 11) is 1.96. The van der Waals surface area contributed by atoms with Gasteiger partial charge in [-0.3, -0.25) is 4.98 Å². The predicted octanol–water partition coefficient (Wildman–Crippen LogP) is 1.32. The topological polar surface area (TPSA) is 67.9 Å². The molecule has 2 aromatic rings. The molecule has 5 nitrogen and oxygen atoms in total. The third-order valence-corrected chi connectivity index (χ3v) is 2.97. The maximum absolute atomic E-state index is 5.63. The molecule has 2 heterocycles. The summed E-state index contributed by atoms with van der Waals surface area (Å²) in [6.07, 6.45) is 3.51. The summed E-state index contributed by atoms with van der Waals surface area (Å²) in [5, 5.41) is 8.43. The number of nitrogens with zero attached hydrogens (tertiary/aromatic N) is 4. The number of likely N-dealkylation sites (N-methyl/N-ethyl adjacent to an activating group) is 1. The van der Waals surface area contributed by atoms with Gasteiger partial charge in [-0.15, -0.1) is 10.2 Å². The highest BCUT2D eigenvalue weighted by Crippen LogP contribution is 2.17. The van der Waals surface area contributed by atoms with E-state index in [0.717, 1.165) is 17.1 Å². The third kappa shape index (κ3) is 2.62. The highest BCUT2D eigenvalue weighted by molar-refractivity contribution is 5.58. The lowest BCUT2D eigenvalue weighted by atomic mass is 10.2. The van der Waals surface area contributed by atoms with E-state index in [1.165, 1.54) is 0 Å². The molecular formula is C13H17N5. The van der Waals surface area contributed by atoms with Gasteiger partial charge in [-0.1, -0.05) is 0 Å². The van der Waals surface area contributed by atoms with Gasteiger partial charge in [0.1, 0.15) is 0 Å². The Labute approximate surface area is 107 Å². The second-order valence-electron chi connectivity index (χ2n) is 4.21. The molecule has 18 heavy (non-hydrogen) atoms. The van der Waals surface area contributed by atoms with Crippen LogP contribution in [0.4, 0.5) is 5.82 Å². The second-order valence-corrected chi connectivity index (χ2v) is 4.21. The second kappa shape index (κ2) is 5.55. The molecule has 0 saturated heterocycles. The Morgan fingerprint density at radius 3 is 2.67 bits per heavy atom. The zero-order valence-electron chi connectivity index (χ0n) is 10.6. The average Bonchev–Trinajstić information content (AvgIpc) is 2.47. The Balaban J connectivity index is 2.20. The number of pyridine rings is 1. The molecule has 94 valence electrons. The van der Waals surface area contributed by atoms with Crippen LogP contribution in [0.15, 0.2) is 36.7 Å². The van der Waals surface area contributed by atoms with E-state index in [0.29, 0.717) is 6.54 Å². The SMILES string of the molecule is CC(CN)N(C)c1ccc(-c2cccnc2)nn1. The molecule has 0 aliphatic rings. The molecule has 1 unspecified atom stereocenters. The predicted molar refractivity (Wildman–Crippen MR) is 72.2 cm³/mol. The van der Waals surface area contributed by atoms with Crippen molar-refractivity contribution in [3.05, 3.63) is 36.7 Å². The van der Waals surface area contributed by atoms with E-state index >= 15 is 0 Å². The van der Waals surface area contributed by atoms with E-state index in [2.05, 4.69) is 22.1 Å². The van der Waals surface area contributed by atoms with Gasteiger partial charge in [0.15, 0.2) is 5.82 Å². The molecule has 0 amide bonds. The van der Waals surface area contributed by atoms with Crippen LogP contribution in [0.25, 0.3) is 11.3 Å². The fourth-order valence-electron chi connectivity index (χ4n) is 1.57. The summed E-state index contributed by atoms with van der Waals surface area (Å²) in [5.41, 5.74) is 7.42. The molecule has 0 radical (unpaired) electrons. The smallest absolute Gasteiger partial charge is 0.151 e. The van der Waals surface area contributed by atoms with Crippen molar-refractivity contribution in [3.63, 3.8) is 0 Å². The summed E-state index contributed by atoms with van der Waals surface area (Å²) in [5.74, 6) is 0.820. The molecule has 0 bridgehead atoms. The zero-order valence-corrected chi connectivity index (χ0v) is 10.6. The summed E-state index contributed by atoms with van der Waals surface area (Å²) in [6, 6.07) is 7.97. The van der Waals surface area contributed by atoms with Crippen molar-refractivity contribution in [2.24, 2.45) is 5.73 Å². The van der Waals surface area contributed by atoms with Gasteiger partial charge in [0.05, 0.1) is 5.69 Å². The normalized spacial score (nSPS) is 12.2. The molecule has 0 aliphatic heterocycles. The summed E-state index contributed by atoms with van der Waals surface area (Å²) >= 11 is 0. The largest absolute Gasteiger partial charge is 0.354 e. The maximum Gasteiger partial charge on any atom is 0.151 e. The van der Waals surface area contributed by atoms with E-state index in [1.54, 1.807) is 12.4 Å². The van der Waals surface area contributed by atoms with Crippen LogP contribution >= 0.6 is 0 Å². The molecule has 0 aliphatic carbocycles. The number of hydrogen-bond acceptors (Lipinski definition) is 5. The molecule has 5 heteroatoms. The van der Waals surface area contributed by atoms with E-state index in [9.17, 15) is 0 Å². The van der Waals surface area contributed by atoms with Crippen molar-refractivity contribution >= 4 is 5.82 Å². The first-order valence-corrected chi connectivity index (χ1v) is 5.89. The summed E-state index contributed by atoms with van der Waals surface area (Å²) in [4.78, 5) is 6.08. The molecule has 0 aromatic carbocycles.